The summed E-state index contributed by atoms with van der Waals surface area (Å²) in [5.74, 6) is 1.71. The van der Waals surface area contributed by atoms with Crippen molar-refractivity contribution in [3.8, 4) is 5.75 Å². The van der Waals surface area contributed by atoms with Gasteiger partial charge in [-0.3, -0.25) is 4.90 Å². The predicted molar refractivity (Wildman–Crippen MR) is 90.8 cm³/mol. The van der Waals surface area contributed by atoms with Gasteiger partial charge in [-0.25, -0.2) is 0 Å². The number of nitrogens with zero attached hydrogens (tertiary/aromatic N) is 1. The topological polar surface area (TPSA) is 24.5 Å². The molecule has 0 amide bonds. The summed E-state index contributed by atoms with van der Waals surface area (Å²) in [5.41, 5.74) is 2.59. The minimum absolute atomic E-state index is 0.576. The Morgan fingerprint density at radius 3 is 2.52 bits per heavy atom. The molecule has 0 aromatic heterocycles. The van der Waals surface area contributed by atoms with Crippen LogP contribution < -0.4 is 10.1 Å². The Hall–Kier alpha value is -1.06. The van der Waals surface area contributed by atoms with E-state index in [2.05, 4.69) is 63.2 Å². The number of hydrogen-bond donors (Lipinski definition) is 1. The molecular weight excluding hydrogens is 260 g/mol. The van der Waals surface area contributed by atoms with E-state index in [1.54, 1.807) is 7.11 Å². The van der Waals surface area contributed by atoms with Gasteiger partial charge in [-0.05, 0) is 50.6 Å². The van der Waals surface area contributed by atoms with E-state index in [1.165, 1.54) is 17.5 Å². The van der Waals surface area contributed by atoms with Crippen LogP contribution in [0.5, 0.6) is 5.75 Å². The highest BCUT2D eigenvalue weighted by Crippen LogP contribution is 2.23. The first-order valence-electron chi connectivity index (χ1n) is 8.04. The van der Waals surface area contributed by atoms with Gasteiger partial charge in [0.2, 0.25) is 0 Å². The van der Waals surface area contributed by atoms with Crippen molar-refractivity contribution >= 4 is 0 Å². The number of hydrogen-bond acceptors (Lipinski definition) is 3. The van der Waals surface area contributed by atoms with E-state index in [1.807, 2.05) is 0 Å². The minimum atomic E-state index is 0.576. The lowest BCUT2D eigenvalue weighted by Gasteiger charge is -2.27. The molecule has 0 fully saturated rings. The lowest BCUT2D eigenvalue weighted by molar-refractivity contribution is 0.218. The van der Waals surface area contributed by atoms with Crippen LogP contribution in [0.4, 0.5) is 0 Å². The average Bonchev–Trinajstić information content (AvgIpc) is 2.44. The molecule has 0 bridgehead atoms. The molecule has 0 aliphatic rings. The zero-order chi connectivity index (χ0) is 15.8. The third-order valence-electron chi connectivity index (χ3n) is 3.91. The Labute approximate surface area is 130 Å². The lowest BCUT2D eigenvalue weighted by atomic mass is 10.0. The van der Waals surface area contributed by atoms with Gasteiger partial charge in [-0.2, -0.15) is 0 Å². The maximum atomic E-state index is 5.52. The van der Waals surface area contributed by atoms with Gasteiger partial charge < -0.3 is 10.1 Å². The summed E-state index contributed by atoms with van der Waals surface area (Å²) in [6.45, 7) is 11.8. The Kier molecular flexibility index (Phi) is 7.76. The van der Waals surface area contributed by atoms with Crippen LogP contribution in [0.3, 0.4) is 0 Å². The second-order valence-electron chi connectivity index (χ2n) is 6.32. The molecular formula is C18H32N2O. The van der Waals surface area contributed by atoms with Crippen molar-refractivity contribution in [2.24, 2.45) is 5.92 Å². The summed E-state index contributed by atoms with van der Waals surface area (Å²) in [6, 6.07) is 7.07. The molecule has 0 saturated carbocycles. The van der Waals surface area contributed by atoms with Crippen LogP contribution in [0, 0.1) is 5.92 Å². The summed E-state index contributed by atoms with van der Waals surface area (Å²) in [6.07, 6.45) is 1.22. The first kappa shape index (κ1) is 18.0. The molecule has 1 aromatic carbocycles. The van der Waals surface area contributed by atoms with Crippen LogP contribution in [0.25, 0.3) is 0 Å². The molecule has 0 saturated heterocycles. The van der Waals surface area contributed by atoms with E-state index >= 15 is 0 Å². The Bertz CT molecular complexity index is 418. The van der Waals surface area contributed by atoms with Gasteiger partial charge in [0.1, 0.15) is 5.75 Å². The summed E-state index contributed by atoms with van der Waals surface area (Å²) < 4.78 is 5.52. The average molecular weight is 292 g/mol. The first-order chi connectivity index (χ1) is 9.97. The molecule has 1 aromatic rings. The fourth-order valence-corrected chi connectivity index (χ4v) is 2.62. The first-order valence-corrected chi connectivity index (χ1v) is 8.04. The van der Waals surface area contributed by atoms with Crippen molar-refractivity contribution in [2.45, 2.75) is 53.2 Å². The van der Waals surface area contributed by atoms with E-state index in [9.17, 15) is 0 Å². The van der Waals surface area contributed by atoms with Crippen molar-refractivity contribution in [1.82, 2.24) is 10.2 Å². The normalized spacial score (nSPS) is 13.0. The molecule has 1 atom stereocenters. The van der Waals surface area contributed by atoms with E-state index in [-0.39, 0.29) is 0 Å². The SMILES string of the molecule is CCNCc1ccc(OC)c(CN(C)C(C)CC(C)C)c1. The Balaban J connectivity index is 2.78. The maximum absolute atomic E-state index is 5.52. The van der Waals surface area contributed by atoms with Gasteiger partial charge in [-0.15, -0.1) is 0 Å². The summed E-state index contributed by atoms with van der Waals surface area (Å²) in [7, 11) is 3.95. The van der Waals surface area contributed by atoms with E-state index in [0.29, 0.717) is 6.04 Å². The highest BCUT2D eigenvalue weighted by atomic mass is 16.5. The number of methoxy groups -OCH3 is 1. The number of benzene rings is 1. The molecule has 0 radical (unpaired) electrons. The van der Waals surface area contributed by atoms with Crippen LogP contribution >= 0.6 is 0 Å². The smallest absolute Gasteiger partial charge is 0.123 e. The van der Waals surface area contributed by atoms with Crippen LogP contribution in [-0.2, 0) is 13.1 Å². The highest BCUT2D eigenvalue weighted by Gasteiger charge is 2.14. The third-order valence-corrected chi connectivity index (χ3v) is 3.91. The number of ether oxygens (including phenoxy) is 1. The van der Waals surface area contributed by atoms with Gasteiger partial charge in [-0.1, -0.05) is 26.8 Å². The summed E-state index contributed by atoms with van der Waals surface area (Å²) in [4.78, 5) is 2.41. The van der Waals surface area contributed by atoms with Gasteiger partial charge in [0.05, 0.1) is 7.11 Å². The van der Waals surface area contributed by atoms with Gasteiger partial charge in [0.25, 0.3) is 0 Å². The van der Waals surface area contributed by atoms with Crippen LogP contribution in [0.1, 0.15) is 45.2 Å². The Morgan fingerprint density at radius 1 is 1.24 bits per heavy atom. The van der Waals surface area contributed by atoms with Crippen molar-refractivity contribution in [1.29, 1.82) is 0 Å². The second kappa shape index (κ2) is 9.06. The summed E-state index contributed by atoms with van der Waals surface area (Å²) >= 11 is 0. The zero-order valence-electron chi connectivity index (χ0n) is 14.6. The van der Waals surface area contributed by atoms with Gasteiger partial charge in [0.15, 0.2) is 0 Å². The Morgan fingerprint density at radius 2 is 1.95 bits per heavy atom. The van der Waals surface area contributed by atoms with Crippen molar-refractivity contribution < 1.29 is 4.74 Å². The summed E-state index contributed by atoms with van der Waals surface area (Å²) in [5, 5.41) is 3.38. The molecule has 1 unspecified atom stereocenters. The molecule has 3 nitrogen and oxygen atoms in total. The molecule has 3 heteroatoms. The highest BCUT2D eigenvalue weighted by molar-refractivity contribution is 5.37. The molecule has 0 aliphatic heterocycles. The zero-order valence-corrected chi connectivity index (χ0v) is 14.6. The van der Waals surface area contributed by atoms with Crippen LogP contribution in [0.15, 0.2) is 18.2 Å². The monoisotopic (exact) mass is 292 g/mol. The quantitative estimate of drug-likeness (QED) is 0.751. The largest absolute Gasteiger partial charge is 0.496 e. The molecule has 0 aliphatic carbocycles. The minimum Gasteiger partial charge on any atom is -0.496 e. The molecule has 1 N–H and O–H groups in total. The van der Waals surface area contributed by atoms with Crippen molar-refractivity contribution in [3.63, 3.8) is 0 Å². The van der Waals surface area contributed by atoms with E-state index in [0.717, 1.165) is 31.3 Å². The standard InChI is InChI=1S/C18H32N2O/c1-7-19-12-16-8-9-18(21-6)17(11-16)13-20(5)15(4)10-14(2)3/h8-9,11,14-15,19H,7,10,12-13H2,1-6H3. The molecule has 1 rings (SSSR count). The van der Waals surface area contributed by atoms with E-state index < -0.39 is 0 Å². The fraction of sp³-hybridized carbons (Fsp3) is 0.667. The van der Waals surface area contributed by atoms with Gasteiger partial charge >= 0.3 is 0 Å². The van der Waals surface area contributed by atoms with E-state index in [4.69, 9.17) is 4.74 Å². The predicted octanol–water partition coefficient (Wildman–Crippen LogP) is 3.67. The number of nitrogens with one attached hydrogen (secondary N) is 1. The fourth-order valence-electron chi connectivity index (χ4n) is 2.62. The maximum Gasteiger partial charge on any atom is 0.123 e. The second-order valence-corrected chi connectivity index (χ2v) is 6.32. The van der Waals surface area contributed by atoms with Gasteiger partial charge in [0, 0.05) is 24.7 Å². The van der Waals surface area contributed by atoms with Crippen LogP contribution in [-0.4, -0.2) is 31.6 Å². The van der Waals surface area contributed by atoms with Crippen molar-refractivity contribution in [2.75, 3.05) is 20.7 Å². The lowest BCUT2D eigenvalue weighted by Crippen LogP contribution is -2.30. The number of rotatable bonds is 9. The molecule has 0 spiro atoms. The van der Waals surface area contributed by atoms with Crippen molar-refractivity contribution in [3.05, 3.63) is 29.3 Å². The third kappa shape index (κ3) is 6.06. The molecule has 120 valence electrons. The molecule has 21 heavy (non-hydrogen) atoms. The molecule has 0 heterocycles. The van der Waals surface area contributed by atoms with Crippen LogP contribution in [0.2, 0.25) is 0 Å².